The summed E-state index contributed by atoms with van der Waals surface area (Å²) in [6.45, 7) is 9.04. The fourth-order valence-electron chi connectivity index (χ4n) is 2.52. The molecular formula is C17H30O2Si. The van der Waals surface area contributed by atoms with E-state index in [1.807, 2.05) is 6.92 Å². The van der Waals surface area contributed by atoms with Crippen LogP contribution in [0.5, 0.6) is 0 Å². The van der Waals surface area contributed by atoms with Crippen LogP contribution in [0.3, 0.4) is 0 Å². The molecule has 114 valence electrons. The summed E-state index contributed by atoms with van der Waals surface area (Å²) in [6.07, 6.45) is 4.77. The topological polar surface area (TPSA) is 18.5 Å². The summed E-state index contributed by atoms with van der Waals surface area (Å²) in [5, 5.41) is 1.46. The fraction of sp³-hybridized carbons (Fsp3) is 0.647. The summed E-state index contributed by atoms with van der Waals surface area (Å²) in [4.78, 5) is 0. The number of methoxy groups -OCH3 is 1. The summed E-state index contributed by atoms with van der Waals surface area (Å²) in [5.41, 5.74) is 0.311. The van der Waals surface area contributed by atoms with E-state index in [1.165, 1.54) is 24.4 Å². The maximum atomic E-state index is 6.20. The molecule has 1 rings (SSSR count). The van der Waals surface area contributed by atoms with Gasteiger partial charge in [-0.25, -0.2) is 0 Å². The van der Waals surface area contributed by atoms with Crippen molar-refractivity contribution in [2.45, 2.75) is 64.6 Å². The van der Waals surface area contributed by atoms with E-state index in [4.69, 9.17) is 9.47 Å². The smallest absolute Gasteiger partial charge is 0.154 e. The first-order valence-electron chi connectivity index (χ1n) is 7.76. The van der Waals surface area contributed by atoms with E-state index in [0.29, 0.717) is 5.73 Å². The standard InChI is InChI=1S/C17H30O2Si/c1-6-7-9-14-17(19-15(2)18-3)20(4,5)16-12-10-8-11-13-16/h8,10-13,15,17H,6-7,9,14H2,1-5H3/t15-,17-/m0/s1. The predicted octanol–water partition coefficient (Wildman–Crippen LogP) is 4.10. The molecule has 0 radical (unpaired) electrons. The summed E-state index contributed by atoms with van der Waals surface area (Å²) in [5.74, 6) is 0. The normalized spacial score (nSPS) is 15.1. The Kier molecular flexibility index (Phi) is 7.49. The summed E-state index contributed by atoms with van der Waals surface area (Å²) < 4.78 is 11.5. The van der Waals surface area contributed by atoms with Crippen molar-refractivity contribution in [3.63, 3.8) is 0 Å². The number of benzene rings is 1. The van der Waals surface area contributed by atoms with Crippen LogP contribution in [0.2, 0.25) is 13.1 Å². The Morgan fingerprint density at radius 2 is 1.75 bits per heavy atom. The van der Waals surface area contributed by atoms with Gasteiger partial charge < -0.3 is 9.47 Å². The molecular weight excluding hydrogens is 264 g/mol. The minimum atomic E-state index is -1.64. The molecule has 0 aromatic heterocycles. The zero-order valence-electron chi connectivity index (χ0n) is 13.7. The van der Waals surface area contributed by atoms with Crippen LogP contribution >= 0.6 is 0 Å². The molecule has 3 heteroatoms. The lowest BCUT2D eigenvalue weighted by Gasteiger charge is -2.34. The van der Waals surface area contributed by atoms with Gasteiger partial charge in [0.25, 0.3) is 0 Å². The van der Waals surface area contributed by atoms with Crippen molar-refractivity contribution >= 4 is 13.3 Å². The van der Waals surface area contributed by atoms with Gasteiger partial charge in [0.05, 0.1) is 5.73 Å². The van der Waals surface area contributed by atoms with Crippen LogP contribution in [0.25, 0.3) is 0 Å². The molecule has 0 aliphatic rings. The minimum Gasteiger partial charge on any atom is -0.356 e. The molecule has 0 aliphatic carbocycles. The van der Waals surface area contributed by atoms with E-state index in [2.05, 4.69) is 50.3 Å². The van der Waals surface area contributed by atoms with E-state index in [1.54, 1.807) is 7.11 Å². The van der Waals surface area contributed by atoms with Crippen LogP contribution in [0.1, 0.15) is 39.5 Å². The van der Waals surface area contributed by atoms with Crippen LogP contribution in [-0.2, 0) is 9.47 Å². The SMILES string of the molecule is CCCCC[C@@H](O[C@@H](C)OC)[Si](C)(C)c1ccccc1. The lowest BCUT2D eigenvalue weighted by Crippen LogP contribution is -2.54. The summed E-state index contributed by atoms with van der Waals surface area (Å²) in [7, 11) is 0.0730. The van der Waals surface area contributed by atoms with Gasteiger partial charge in [-0.1, -0.05) is 74.8 Å². The molecule has 2 atom stereocenters. The maximum Gasteiger partial charge on any atom is 0.154 e. The highest BCUT2D eigenvalue weighted by Crippen LogP contribution is 2.20. The first-order valence-corrected chi connectivity index (χ1v) is 10.8. The molecule has 0 saturated carbocycles. The molecule has 20 heavy (non-hydrogen) atoms. The number of hydrogen-bond donors (Lipinski definition) is 0. The van der Waals surface area contributed by atoms with E-state index < -0.39 is 8.07 Å². The van der Waals surface area contributed by atoms with Crippen molar-refractivity contribution in [1.29, 1.82) is 0 Å². The van der Waals surface area contributed by atoms with Crippen LogP contribution in [0, 0.1) is 0 Å². The molecule has 0 amide bonds. The van der Waals surface area contributed by atoms with E-state index in [9.17, 15) is 0 Å². The molecule has 0 saturated heterocycles. The number of ether oxygens (including phenoxy) is 2. The third-order valence-electron chi connectivity index (χ3n) is 4.08. The first kappa shape index (κ1) is 17.4. The lowest BCUT2D eigenvalue weighted by molar-refractivity contribution is -0.126. The van der Waals surface area contributed by atoms with Gasteiger partial charge in [-0.3, -0.25) is 0 Å². The van der Waals surface area contributed by atoms with Gasteiger partial charge >= 0.3 is 0 Å². The monoisotopic (exact) mass is 294 g/mol. The van der Waals surface area contributed by atoms with Crippen molar-refractivity contribution in [3.8, 4) is 0 Å². The molecule has 2 nitrogen and oxygen atoms in total. The average molecular weight is 295 g/mol. The van der Waals surface area contributed by atoms with Crippen molar-refractivity contribution in [2.75, 3.05) is 7.11 Å². The molecule has 0 bridgehead atoms. The Bertz CT molecular complexity index is 365. The molecule has 0 fully saturated rings. The molecule has 0 unspecified atom stereocenters. The zero-order valence-corrected chi connectivity index (χ0v) is 14.7. The molecule has 0 spiro atoms. The van der Waals surface area contributed by atoms with Gasteiger partial charge in [0.2, 0.25) is 0 Å². The Hall–Kier alpha value is -0.643. The Balaban J connectivity index is 2.83. The van der Waals surface area contributed by atoms with E-state index in [-0.39, 0.29) is 6.29 Å². The van der Waals surface area contributed by atoms with Crippen molar-refractivity contribution in [1.82, 2.24) is 0 Å². The average Bonchev–Trinajstić information content (AvgIpc) is 2.47. The number of unbranched alkanes of at least 4 members (excludes halogenated alkanes) is 2. The van der Waals surface area contributed by atoms with Gasteiger partial charge in [-0.05, 0) is 13.3 Å². The van der Waals surface area contributed by atoms with E-state index in [0.717, 1.165) is 6.42 Å². The van der Waals surface area contributed by atoms with Crippen LogP contribution in [0.4, 0.5) is 0 Å². The first-order chi connectivity index (χ1) is 9.52. The highest BCUT2D eigenvalue weighted by molar-refractivity contribution is 6.90. The van der Waals surface area contributed by atoms with Crippen molar-refractivity contribution in [2.24, 2.45) is 0 Å². The zero-order chi connectivity index (χ0) is 15.0. The second kappa shape index (κ2) is 8.60. The van der Waals surface area contributed by atoms with Crippen molar-refractivity contribution in [3.05, 3.63) is 30.3 Å². The second-order valence-electron chi connectivity index (χ2n) is 6.01. The molecule has 1 aromatic carbocycles. The molecule has 1 aromatic rings. The quantitative estimate of drug-likeness (QED) is 0.388. The van der Waals surface area contributed by atoms with E-state index >= 15 is 0 Å². The molecule has 0 aliphatic heterocycles. The molecule has 0 N–H and O–H groups in total. The van der Waals surface area contributed by atoms with Crippen LogP contribution in [0.15, 0.2) is 30.3 Å². The second-order valence-corrected chi connectivity index (χ2v) is 10.7. The third kappa shape index (κ3) is 5.04. The van der Waals surface area contributed by atoms with Gasteiger partial charge in [-0.15, -0.1) is 0 Å². The van der Waals surface area contributed by atoms with Crippen LogP contribution < -0.4 is 5.19 Å². The maximum absolute atomic E-state index is 6.20. The summed E-state index contributed by atoms with van der Waals surface area (Å²) in [6, 6.07) is 10.8. The Morgan fingerprint density at radius 3 is 2.30 bits per heavy atom. The predicted molar refractivity (Wildman–Crippen MR) is 89.0 cm³/mol. The minimum absolute atomic E-state index is 0.128. The van der Waals surface area contributed by atoms with Gasteiger partial charge in [0.1, 0.15) is 8.07 Å². The largest absolute Gasteiger partial charge is 0.356 e. The summed E-state index contributed by atoms with van der Waals surface area (Å²) >= 11 is 0. The number of rotatable bonds is 9. The highest BCUT2D eigenvalue weighted by atomic mass is 28.3. The van der Waals surface area contributed by atoms with Crippen molar-refractivity contribution < 1.29 is 9.47 Å². The highest BCUT2D eigenvalue weighted by Gasteiger charge is 2.35. The van der Waals surface area contributed by atoms with Gasteiger partial charge in [0, 0.05) is 7.11 Å². The van der Waals surface area contributed by atoms with Gasteiger partial charge in [-0.2, -0.15) is 0 Å². The van der Waals surface area contributed by atoms with Crippen LogP contribution in [-0.4, -0.2) is 27.2 Å². The Labute approximate surface area is 125 Å². The molecule has 0 heterocycles. The Morgan fingerprint density at radius 1 is 1.10 bits per heavy atom. The third-order valence-corrected chi connectivity index (χ3v) is 7.94. The number of hydrogen-bond acceptors (Lipinski definition) is 2. The fourth-order valence-corrected chi connectivity index (χ4v) is 5.40. The lowest BCUT2D eigenvalue weighted by atomic mass is 10.2. The van der Waals surface area contributed by atoms with Gasteiger partial charge in [0.15, 0.2) is 6.29 Å².